The van der Waals surface area contributed by atoms with E-state index in [1.54, 1.807) is 0 Å². The molecule has 3 rings (SSSR count). The molecule has 2 N–H and O–H groups in total. The molecule has 3 aromatic rings. The number of benzene rings is 2. The van der Waals surface area contributed by atoms with E-state index in [-0.39, 0.29) is 0 Å². The van der Waals surface area contributed by atoms with Crippen LogP contribution in [0.4, 0.5) is 5.82 Å². The Morgan fingerprint density at radius 3 is 2.45 bits per heavy atom. The van der Waals surface area contributed by atoms with Gasteiger partial charge in [-0.25, -0.2) is 0 Å². The van der Waals surface area contributed by atoms with Crippen LogP contribution in [-0.2, 0) is 0 Å². The molecule has 100 valence electrons. The van der Waals surface area contributed by atoms with E-state index in [0.717, 1.165) is 21.2 Å². The molecular formula is C16H13BrN2O. The van der Waals surface area contributed by atoms with Crippen LogP contribution in [0.25, 0.3) is 22.5 Å². The van der Waals surface area contributed by atoms with Gasteiger partial charge in [-0.3, -0.25) is 0 Å². The molecular weight excluding hydrogens is 316 g/mol. The van der Waals surface area contributed by atoms with Gasteiger partial charge in [0.25, 0.3) is 0 Å². The number of nitrogens with two attached hydrogens (primary N) is 1. The van der Waals surface area contributed by atoms with Crippen LogP contribution in [-0.4, -0.2) is 5.16 Å². The topological polar surface area (TPSA) is 52.0 Å². The fourth-order valence-electron chi connectivity index (χ4n) is 2.13. The van der Waals surface area contributed by atoms with Gasteiger partial charge in [-0.15, -0.1) is 0 Å². The van der Waals surface area contributed by atoms with Gasteiger partial charge < -0.3 is 10.3 Å². The van der Waals surface area contributed by atoms with Crippen molar-refractivity contribution in [3.8, 4) is 22.5 Å². The maximum Gasteiger partial charge on any atom is 0.176 e. The molecule has 2 aromatic carbocycles. The van der Waals surface area contributed by atoms with Gasteiger partial charge in [0.1, 0.15) is 0 Å². The molecule has 0 saturated heterocycles. The zero-order valence-corrected chi connectivity index (χ0v) is 12.5. The van der Waals surface area contributed by atoms with Crippen LogP contribution in [0.15, 0.2) is 57.5 Å². The number of hydrogen-bond acceptors (Lipinski definition) is 3. The summed E-state index contributed by atoms with van der Waals surface area (Å²) in [5.74, 6) is 1.09. The minimum atomic E-state index is 0.396. The molecule has 0 aliphatic heterocycles. The lowest BCUT2D eigenvalue weighted by Gasteiger charge is -2.05. The molecule has 0 atom stereocenters. The van der Waals surface area contributed by atoms with Crippen molar-refractivity contribution in [1.82, 2.24) is 5.16 Å². The lowest BCUT2D eigenvalue weighted by Crippen LogP contribution is -1.89. The first-order valence-corrected chi connectivity index (χ1v) is 7.03. The van der Waals surface area contributed by atoms with Crippen LogP contribution < -0.4 is 5.73 Å². The first-order chi connectivity index (χ1) is 9.66. The van der Waals surface area contributed by atoms with Crippen molar-refractivity contribution >= 4 is 21.7 Å². The fourth-order valence-corrected chi connectivity index (χ4v) is 2.61. The third-order valence-corrected chi connectivity index (χ3v) is 3.87. The van der Waals surface area contributed by atoms with Crippen molar-refractivity contribution < 1.29 is 4.52 Å². The highest BCUT2D eigenvalue weighted by Crippen LogP contribution is 2.39. The number of halogens is 1. The predicted octanol–water partition coefficient (Wildman–Crippen LogP) is 4.66. The Morgan fingerprint density at radius 1 is 1.05 bits per heavy atom. The average molecular weight is 329 g/mol. The Kier molecular flexibility index (Phi) is 3.32. The first-order valence-electron chi connectivity index (χ1n) is 6.24. The van der Waals surface area contributed by atoms with E-state index in [2.05, 4.69) is 21.1 Å². The summed E-state index contributed by atoms with van der Waals surface area (Å²) < 4.78 is 6.40. The Labute approximate surface area is 125 Å². The van der Waals surface area contributed by atoms with Crippen molar-refractivity contribution in [3.05, 3.63) is 58.6 Å². The zero-order valence-electron chi connectivity index (χ0n) is 10.9. The highest BCUT2D eigenvalue weighted by molar-refractivity contribution is 9.10. The molecule has 0 aliphatic carbocycles. The van der Waals surface area contributed by atoms with E-state index in [0.29, 0.717) is 11.6 Å². The van der Waals surface area contributed by atoms with Crippen LogP contribution in [0.2, 0.25) is 0 Å². The minimum absolute atomic E-state index is 0.396. The molecule has 3 nitrogen and oxygen atoms in total. The van der Waals surface area contributed by atoms with Gasteiger partial charge in [0.05, 0.1) is 5.56 Å². The second-order valence-corrected chi connectivity index (χ2v) is 5.47. The van der Waals surface area contributed by atoms with Gasteiger partial charge in [0, 0.05) is 15.6 Å². The maximum absolute atomic E-state index is 5.98. The highest BCUT2D eigenvalue weighted by atomic mass is 79.9. The van der Waals surface area contributed by atoms with Crippen molar-refractivity contribution in [1.29, 1.82) is 0 Å². The minimum Gasteiger partial charge on any atom is -0.380 e. The molecule has 1 aromatic heterocycles. The summed E-state index contributed by atoms with van der Waals surface area (Å²) in [7, 11) is 0. The summed E-state index contributed by atoms with van der Waals surface area (Å²) in [4.78, 5) is 0. The van der Waals surface area contributed by atoms with Crippen LogP contribution in [0.1, 0.15) is 5.56 Å². The summed E-state index contributed by atoms with van der Waals surface area (Å²) in [6.07, 6.45) is 0. The Balaban J connectivity index is 2.20. The molecule has 0 spiro atoms. The molecule has 0 bridgehead atoms. The van der Waals surface area contributed by atoms with E-state index in [4.69, 9.17) is 10.3 Å². The van der Waals surface area contributed by atoms with E-state index in [1.807, 2.05) is 55.5 Å². The van der Waals surface area contributed by atoms with Crippen LogP contribution in [0.3, 0.4) is 0 Å². The number of aromatic nitrogens is 1. The summed E-state index contributed by atoms with van der Waals surface area (Å²) in [5, 5.41) is 3.91. The third-order valence-electron chi connectivity index (χ3n) is 3.18. The van der Waals surface area contributed by atoms with Crippen LogP contribution >= 0.6 is 15.9 Å². The third kappa shape index (κ3) is 2.23. The molecule has 0 fully saturated rings. The Hall–Kier alpha value is -2.07. The summed E-state index contributed by atoms with van der Waals surface area (Å²) in [6, 6.07) is 16.0. The second-order valence-electron chi connectivity index (χ2n) is 4.62. The van der Waals surface area contributed by atoms with Crippen molar-refractivity contribution in [2.75, 3.05) is 5.73 Å². The van der Waals surface area contributed by atoms with E-state index in [1.165, 1.54) is 5.56 Å². The number of nitrogen functional groups attached to an aromatic ring is 1. The van der Waals surface area contributed by atoms with Gasteiger partial charge >= 0.3 is 0 Å². The largest absolute Gasteiger partial charge is 0.380 e. The molecule has 0 amide bonds. The monoisotopic (exact) mass is 328 g/mol. The molecule has 0 unspecified atom stereocenters. The van der Waals surface area contributed by atoms with E-state index >= 15 is 0 Å². The number of rotatable bonds is 2. The summed E-state index contributed by atoms with van der Waals surface area (Å²) in [5.41, 5.74) is 9.94. The molecule has 0 saturated carbocycles. The molecule has 4 heteroatoms. The molecule has 1 heterocycles. The molecule has 0 radical (unpaired) electrons. The number of hydrogen-bond donors (Lipinski definition) is 1. The van der Waals surface area contributed by atoms with Crippen LogP contribution in [0, 0.1) is 6.92 Å². The quantitative estimate of drug-likeness (QED) is 0.744. The van der Waals surface area contributed by atoms with Gasteiger partial charge in [0.2, 0.25) is 0 Å². The van der Waals surface area contributed by atoms with Gasteiger partial charge in [0.15, 0.2) is 11.6 Å². The Bertz CT molecular complexity index is 747. The summed E-state index contributed by atoms with van der Waals surface area (Å²) >= 11 is 3.55. The van der Waals surface area contributed by atoms with Gasteiger partial charge in [-0.1, -0.05) is 69.1 Å². The van der Waals surface area contributed by atoms with E-state index < -0.39 is 0 Å². The second kappa shape index (κ2) is 5.13. The first kappa shape index (κ1) is 12.9. The number of nitrogens with zero attached hydrogens (tertiary/aromatic N) is 1. The maximum atomic E-state index is 5.98. The normalized spacial score (nSPS) is 10.7. The number of anilines is 1. The predicted molar refractivity (Wildman–Crippen MR) is 84.2 cm³/mol. The van der Waals surface area contributed by atoms with Gasteiger partial charge in [-0.2, -0.15) is 0 Å². The standard InChI is InChI=1S/C16H13BrN2O/c1-10-6-8-11(9-7-10)15-14(16(18)19-20-15)12-4-2-3-5-13(12)17/h2-9H,1H3,(H2,18,19). The van der Waals surface area contributed by atoms with E-state index in [9.17, 15) is 0 Å². The number of aryl methyl sites for hydroxylation is 1. The average Bonchev–Trinajstić information content (AvgIpc) is 2.82. The smallest absolute Gasteiger partial charge is 0.176 e. The SMILES string of the molecule is Cc1ccc(-c2onc(N)c2-c2ccccc2Br)cc1. The van der Waals surface area contributed by atoms with Crippen molar-refractivity contribution in [2.24, 2.45) is 0 Å². The Morgan fingerprint density at radius 2 is 1.75 bits per heavy atom. The molecule has 20 heavy (non-hydrogen) atoms. The lowest BCUT2D eigenvalue weighted by molar-refractivity contribution is 0.436. The lowest BCUT2D eigenvalue weighted by atomic mass is 10.0. The van der Waals surface area contributed by atoms with Crippen molar-refractivity contribution in [2.45, 2.75) is 6.92 Å². The highest BCUT2D eigenvalue weighted by Gasteiger charge is 2.19. The fraction of sp³-hybridized carbons (Fsp3) is 0.0625. The van der Waals surface area contributed by atoms with Gasteiger partial charge in [-0.05, 0) is 13.0 Å². The van der Waals surface area contributed by atoms with Crippen molar-refractivity contribution in [3.63, 3.8) is 0 Å². The molecule has 0 aliphatic rings. The summed E-state index contributed by atoms with van der Waals surface area (Å²) in [6.45, 7) is 2.05. The zero-order chi connectivity index (χ0) is 14.1. The van der Waals surface area contributed by atoms with Crippen LogP contribution in [0.5, 0.6) is 0 Å².